The standard InChI is InChI=1S/C19H15F3N4O4/c1-11(23-15-5-3-4-6-16(15)30-19(20,21)22)17-12(2)24-25(18(17)27)13-7-9-14(10-8-13)26(28)29/h3-10,24H,1-2H3. The summed E-state index contributed by atoms with van der Waals surface area (Å²) in [6.45, 7) is 3.10. The van der Waals surface area contributed by atoms with Gasteiger partial charge in [0.15, 0.2) is 5.75 Å². The van der Waals surface area contributed by atoms with Gasteiger partial charge in [-0.15, -0.1) is 13.2 Å². The van der Waals surface area contributed by atoms with Gasteiger partial charge in [-0.25, -0.2) is 9.67 Å². The Labute approximate surface area is 167 Å². The highest BCUT2D eigenvalue weighted by molar-refractivity contribution is 6.01. The van der Waals surface area contributed by atoms with Crippen molar-refractivity contribution in [1.29, 1.82) is 0 Å². The lowest BCUT2D eigenvalue weighted by Gasteiger charge is -2.11. The lowest BCUT2D eigenvalue weighted by atomic mass is 10.1. The molecule has 0 bridgehead atoms. The van der Waals surface area contributed by atoms with Crippen molar-refractivity contribution in [2.45, 2.75) is 20.2 Å². The molecular formula is C19H15F3N4O4. The Kier molecular flexibility index (Phi) is 5.45. The molecule has 0 amide bonds. The fraction of sp³-hybridized carbons (Fsp3) is 0.158. The number of non-ortho nitro benzene ring substituents is 1. The Morgan fingerprint density at radius 3 is 2.40 bits per heavy atom. The first kappa shape index (κ1) is 20.8. The van der Waals surface area contributed by atoms with Gasteiger partial charge in [0.2, 0.25) is 0 Å². The Morgan fingerprint density at radius 2 is 1.80 bits per heavy atom. The fourth-order valence-electron chi connectivity index (χ4n) is 2.88. The van der Waals surface area contributed by atoms with Crippen LogP contribution in [0.1, 0.15) is 18.2 Å². The van der Waals surface area contributed by atoms with Gasteiger partial charge in [-0.05, 0) is 38.1 Å². The summed E-state index contributed by atoms with van der Waals surface area (Å²) < 4.78 is 43.0. The molecule has 0 atom stereocenters. The van der Waals surface area contributed by atoms with Crippen molar-refractivity contribution in [3.63, 3.8) is 0 Å². The van der Waals surface area contributed by atoms with E-state index in [0.29, 0.717) is 11.4 Å². The Balaban J connectivity index is 2.02. The molecule has 1 aromatic heterocycles. The van der Waals surface area contributed by atoms with Crippen LogP contribution in [0.2, 0.25) is 0 Å². The van der Waals surface area contributed by atoms with Gasteiger partial charge in [-0.1, -0.05) is 12.1 Å². The summed E-state index contributed by atoms with van der Waals surface area (Å²) in [4.78, 5) is 27.2. The summed E-state index contributed by atoms with van der Waals surface area (Å²) in [7, 11) is 0. The van der Waals surface area contributed by atoms with Crippen LogP contribution in [0.15, 0.2) is 58.3 Å². The van der Waals surface area contributed by atoms with Gasteiger partial charge in [-0.2, -0.15) is 0 Å². The van der Waals surface area contributed by atoms with E-state index in [-0.39, 0.29) is 22.6 Å². The highest BCUT2D eigenvalue weighted by atomic mass is 19.4. The van der Waals surface area contributed by atoms with Gasteiger partial charge in [0.05, 0.1) is 21.9 Å². The Hall–Kier alpha value is -3.89. The van der Waals surface area contributed by atoms with Crippen LogP contribution in [0.3, 0.4) is 0 Å². The minimum atomic E-state index is -4.88. The number of alkyl halides is 3. The quantitative estimate of drug-likeness (QED) is 0.375. The molecule has 0 aliphatic rings. The van der Waals surface area contributed by atoms with Crippen molar-refractivity contribution in [2.24, 2.45) is 4.99 Å². The molecule has 1 heterocycles. The molecule has 0 aliphatic carbocycles. The molecule has 0 unspecified atom stereocenters. The second kappa shape index (κ2) is 7.85. The number of hydrogen-bond acceptors (Lipinski definition) is 5. The first-order valence-electron chi connectivity index (χ1n) is 8.53. The number of para-hydroxylation sites is 2. The summed E-state index contributed by atoms with van der Waals surface area (Å²) in [5.41, 5.74) is 0.394. The molecule has 1 N–H and O–H groups in total. The van der Waals surface area contributed by atoms with Crippen LogP contribution in [0.4, 0.5) is 24.5 Å². The van der Waals surface area contributed by atoms with Gasteiger partial charge >= 0.3 is 6.36 Å². The number of benzene rings is 2. The van der Waals surface area contributed by atoms with Crippen molar-refractivity contribution in [1.82, 2.24) is 9.78 Å². The van der Waals surface area contributed by atoms with Crippen molar-refractivity contribution in [3.05, 3.63) is 80.3 Å². The third-order valence-corrected chi connectivity index (χ3v) is 4.13. The third kappa shape index (κ3) is 4.40. The second-order valence-electron chi connectivity index (χ2n) is 6.24. The number of ether oxygens (including phenoxy) is 1. The van der Waals surface area contributed by atoms with Crippen molar-refractivity contribution < 1.29 is 22.8 Å². The lowest BCUT2D eigenvalue weighted by molar-refractivity contribution is -0.384. The molecule has 0 radical (unpaired) electrons. The molecule has 0 fully saturated rings. The predicted octanol–water partition coefficient (Wildman–Crippen LogP) is 4.42. The average Bonchev–Trinajstić information content (AvgIpc) is 2.96. The maximum atomic E-state index is 12.9. The smallest absolute Gasteiger partial charge is 0.403 e. The van der Waals surface area contributed by atoms with E-state index in [9.17, 15) is 28.1 Å². The molecule has 0 saturated heterocycles. The van der Waals surface area contributed by atoms with Crippen molar-refractivity contribution >= 4 is 17.1 Å². The van der Waals surface area contributed by atoms with Crippen LogP contribution in [-0.2, 0) is 0 Å². The molecular weight excluding hydrogens is 405 g/mol. The van der Waals surface area contributed by atoms with E-state index >= 15 is 0 Å². The first-order valence-corrected chi connectivity index (χ1v) is 8.53. The van der Waals surface area contributed by atoms with Crippen LogP contribution in [-0.4, -0.2) is 26.8 Å². The number of halogens is 3. The number of aliphatic imine (C=N–C) groups is 1. The zero-order chi connectivity index (χ0) is 22.1. The number of rotatable bonds is 5. The molecule has 30 heavy (non-hydrogen) atoms. The zero-order valence-corrected chi connectivity index (χ0v) is 15.7. The van der Waals surface area contributed by atoms with Crippen LogP contribution in [0.5, 0.6) is 5.75 Å². The minimum absolute atomic E-state index is 0.0887. The summed E-state index contributed by atoms with van der Waals surface area (Å²) >= 11 is 0. The third-order valence-electron chi connectivity index (χ3n) is 4.13. The number of nitro groups is 1. The molecule has 2 aromatic carbocycles. The van der Waals surface area contributed by atoms with E-state index in [2.05, 4.69) is 14.8 Å². The summed E-state index contributed by atoms with van der Waals surface area (Å²) in [5.74, 6) is -0.492. The largest absolute Gasteiger partial charge is 0.573 e. The number of nitrogens with one attached hydrogen (secondary N) is 1. The highest BCUT2D eigenvalue weighted by Crippen LogP contribution is 2.32. The molecule has 0 spiro atoms. The zero-order valence-electron chi connectivity index (χ0n) is 15.7. The summed E-state index contributed by atoms with van der Waals surface area (Å²) in [6, 6.07) is 10.6. The number of hydrogen-bond donors (Lipinski definition) is 1. The molecule has 11 heteroatoms. The highest BCUT2D eigenvalue weighted by Gasteiger charge is 2.32. The van der Waals surface area contributed by atoms with Gasteiger partial charge in [0.25, 0.3) is 11.2 Å². The topological polar surface area (TPSA) is 103 Å². The van der Waals surface area contributed by atoms with E-state index in [0.717, 1.165) is 6.07 Å². The normalized spacial score (nSPS) is 12.1. The number of aryl methyl sites for hydroxylation is 1. The number of H-pyrrole nitrogens is 1. The van der Waals surface area contributed by atoms with Crippen molar-refractivity contribution in [3.8, 4) is 11.4 Å². The molecule has 3 aromatic rings. The fourth-order valence-corrected chi connectivity index (χ4v) is 2.88. The van der Waals surface area contributed by atoms with E-state index in [4.69, 9.17) is 0 Å². The van der Waals surface area contributed by atoms with Crippen LogP contribution < -0.4 is 10.3 Å². The van der Waals surface area contributed by atoms with Crippen LogP contribution >= 0.6 is 0 Å². The van der Waals surface area contributed by atoms with Gasteiger partial charge in [0.1, 0.15) is 5.69 Å². The summed E-state index contributed by atoms with van der Waals surface area (Å²) in [5, 5.41) is 13.6. The summed E-state index contributed by atoms with van der Waals surface area (Å²) in [6.07, 6.45) is -4.88. The van der Waals surface area contributed by atoms with Crippen LogP contribution in [0, 0.1) is 17.0 Å². The molecule has 3 rings (SSSR count). The molecule has 156 valence electrons. The van der Waals surface area contributed by atoms with E-state index in [1.165, 1.54) is 54.1 Å². The Morgan fingerprint density at radius 1 is 1.17 bits per heavy atom. The number of aromatic amines is 1. The van der Waals surface area contributed by atoms with E-state index in [1.54, 1.807) is 6.92 Å². The number of nitrogens with zero attached hydrogens (tertiary/aromatic N) is 3. The van der Waals surface area contributed by atoms with Gasteiger partial charge in [-0.3, -0.25) is 20.0 Å². The van der Waals surface area contributed by atoms with E-state index < -0.39 is 22.6 Å². The first-order chi connectivity index (χ1) is 14.1. The second-order valence-corrected chi connectivity index (χ2v) is 6.24. The lowest BCUT2D eigenvalue weighted by Crippen LogP contribution is -2.19. The number of aromatic nitrogens is 2. The average molecular weight is 420 g/mol. The number of nitro benzene ring substituents is 1. The SMILES string of the molecule is CC(=Nc1ccccc1OC(F)(F)F)c1c(C)[nH]n(-c2ccc([N+](=O)[O-])cc2)c1=O. The van der Waals surface area contributed by atoms with Gasteiger partial charge < -0.3 is 4.74 Å². The maximum Gasteiger partial charge on any atom is 0.573 e. The van der Waals surface area contributed by atoms with E-state index in [1.807, 2.05) is 0 Å². The van der Waals surface area contributed by atoms with Gasteiger partial charge in [0, 0.05) is 17.8 Å². The predicted molar refractivity (Wildman–Crippen MR) is 103 cm³/mol. The van der Waals surface area contributed by atoms with Crippen molar-refractivity contribution in [2.75, 3.05) is 0 Å². The Bertz CT molecular complexity index is 1180. The molecule has 8 nitrogen and oxygen atoms in total. The molecule has 0 aliphatic heterocycles. The maximum absolute atomic E-state index is 12.9. The molecule has 0 saturated carbocycles. The van der Waals surface area contributed by atoms with Crippen LogP contribution in [0.25, 0.3) is 5.69 Å². The minimum Gasteiger partial charge on any atom is -0.403 e. The monoisotopic (exact) mass is 420 g/mol.